The van der Waals surface area contributed by atoms with Crippen molar-refractivity contribution in [3.05, 3.63) is 46.3 Å². The lowest BCUT2D eigenvalue weighted by atomic mass is 10.2. The first-order chi connectivity index (χ1) is 7.36. The van der Waals surface area contributed by atoms with Crippen LogP contribution in [-0.2, 0) is 0 Å². The van der Waals surface area contributed by atoms with Crippen LogP contribution in [0.15, 0.2) is 35.5 Å². The Balaban J connectivity index is 2.55. The smallest absolute Gasteiger partial charge is 0.119 e. The molecule has 0 atom stereocenters. The molecule has 0 radical (unpaired) electrons. The van der Waals surface area contributed by atoms with Crippen LogP contribution < -0.4 is 4.74 Å². The van der Waals surface area contributed by atoms with Crippen LogP contribution in [0.2, 0.25) is 0 Å². The van der Waals surface area contributed by atoms with Crippen molar-refractivity contribution in [1.29, 1.82) is 0 Å². The second kappa shape index (κ2) is 6.51. The molecule has 1 aromatic rings. The van der Waals surface area contributed by atoms with Crippen LogP contribution in [-0.4, -0.2) is 13.2 Å². The van der Waals surface area contributed by atoms with Gasteiger partial charge in [-0.1, -0.05) is 29.4 Å². The second-order valence-corrected chi connectivity index (χ2v) is 2.82. The van der Waals surface area contributed by atoms with Crippen LogP contribution in [0.1, 0.15) is 12.5 Å². The molecule has 0 saturated carbocycles. The van der Waals surface area contributed by atoms with E-state index in [1.165, 1.54) is 0 Å². The van der Waals surface area contributed by atoms with Gasteiger partial charge in [-0.05, 0) is 30.2 Å². The molecular weight excluding hydrogens is 190 g/mol. The zero-order valence-corrected chi connectivity index (χ0v) is 8.63. The fourth-order valence-corrected chi connectivity index (χ4v) is 1.11. The van der Waals surface area contributed by atoms with Gasteiger partial charge in [-0.2, -0.15) is 0 Å². The zero-order chi connectivity index (χ0) is 10.9. The first-order valence-corrected chi connectivity index (χ1v) is 4.77. The normalized spacial score (nSPS) is 9.93. The summed E-state index contributed by atoms with van der Waals surface area (Å²) in [6.07, 6.45) is 3.72. The van der Waals surface area contributed by atoms with E-state index in [4.69, 9.17) is 10.3 Å². The number of azide groups is 1. The van der Waals surface area contributed by atoms with E-state index in [0.717, 1.165) is 11.3 Å². The minimum absolute atomic E-state index is 0.379. The molecule has 0 aliphatic carbocycles. The lowest BCUT2D eigenvalue weighted by Crippen LogP contribution is -1.90. The van der Waals surface area contributed by atoms with Crippen LogP contribution in [0, 0.1) is 0 Å². The molecule has 0 amide bonds. The number of rotatable bonds is 5. The quantitative estimate of drug-likeness (QED) is 0.411. The Labute approximate surface area is 88.8 Å². The highest BCUT2D eigenvalue weighted by Gasteiger charge is 1.90. The molecule has 0 heterocycles. The van der Waals surface area contributed by atoms with E-state index < -0.39 is 0 Å². The third-order valence-electron chi connectivity index (χ3n) is 1.75. The Morgan fingerprint density at radius 3 is 2.73 bits per heavy atom. The highest BCUT2D eigenvalue weighted by atomic mass is 16.5. The molecule has 0 aliphatic heterocycles. The van der Waals surface area contributed by atoms with Crippen molar-refractivity contribution in [2.24, 2.45) is 5.11 Å². The standard InChI is InChI=1S/C11H13N3O/c1-2-15-11-7-5-10(6-8-11)4-3-9-13-14-12/h3-8H,2,9H2,1H3. The molecule has 78 valence electrons. The Morgan fingerprint density at radius 2 is 2.13 bits per heavy atom. The summed E-state index contributed by atoms with van der Waals surface area (Å²) in [5, 5.41) is 3.40. The average molecular weight is 203 g/mol. The van der Waals surface area contributed by atoms with Crippen molar-refractivity contribution in [1.82, 2.24) is 0 Å². The Bertz CT molecular complexity index is 364. The molecule has 0 aliphatic rings. The summed E-state index contributed by atoms with van der Waals surface area (Å²) >= 11 is 0. The number of nitrogens with zero attached hydrogens (tertiary/aromatic N) is 3. The van der Waals surface area contributed by atoms with Gasteiger partial charge in [-0.3, -0.25) is 0 Å². The van der Waals surface area contributed by atoms with E-state index in [1.807, 2.05) is 43.3 Å². The van der Waals surface area contributed by atoms with Crippen molar-refractivity contribution < 1.29 is 4.74 Å². The molecule has 4 heteroatoms. The summed E-state index contributed by atoms with van der Waals surface area (Å²) in [7, 11) is 0. The molecule has 1 aromatic carbocycles. The maximum atomic E-state index is 8.07. The molecule has 4 nitrogen and oxygen atoms in total. The molecule has 0 spiro atoms. The van der Waals surface area contributed by atoms with Gasteiger partial charge < -0.3 is 4.74 Å². The van der Waals surface area contributed by atoms with Gasteiger partial charge in [0.05, 0.1) is 6.61 Å². The monoisotopic (exact) mass is 203 g/mol. The first kappa shape index (κ1) is 11.1. The minimum Gasteiger partial charge on any atom is -0.494 e. The molecular formula is C11H13N3O. The predicted octanol–water partition coefficient (Wildman–Crippen LogP) is 3.41. The van der Waals surface area contributed by atoms with E-state index in [-0.39, 0.29) is 0 Å². The Kier molecular flexibility index (Phi) is 4.84. The van der Waals surface area contributed by atoms with Gasteiger partial charge in [0.1, 0.15) is 5.75 Å². The molecule has 0 fully saturated rings. The number of ether oxygens (including phenoxy) is 1. The van der Waals surface area contributed by atoms with Crippen molar-refractivity contribution in [2.75, 3.05) is 13.2 Å². The highest BCUT2D eigenvalue weighted by molar-refractivity contribution is 5.50. The van der Waals surface area contributed by atoms with Crippen molar-refractivity contribution in [2.45, 2.75) is 6.92 Å². The lowest BCUT2D eigenvalue weighted by molar-refractivity contribution is 0.340. The maximum Gasteiger partial charge on any atom is 0.119 e. The summed E-state index contributed by atoms with van der Waals surface area (Å²) in [5.41, 5.74) is 9.13. The molecule has 0 N–H and O–H groups in total. The summed E-state index contributed by atoms with van der Waals surface area (Å²) in [4.78, 5) is 2.66. The van der Waals surface area contributed by atoms with Gasteiger partial charge in [0.15, 0.2) is 0 Å². The van der Waals surface area contributed by atoms with E-state index in [0.29, 0.717) is 13.2 Å². The zero-order valence-electron chi connectivity index (χ0n) is 8.63. The fourth-order valence-electron chi connectivity index (χ4n) is 1.11. The molecule has 15 heavy (non-hydrogen) atoms. The van der Waals surface area contributed by atoms with Crippen molar-refractivity contribution in [3.8, 4) is 5.75 Å². The summed E-state index contributed by atoms with van der Waals surface area (Å²) in [5.74, 6) is 0.865. The Hall–Kier alpha value is -1.93. The van der Waals surface area contributed by atoms with Crippen LogP contribution in [0.25, 0.3) is 16.5 Å². The third-order valence-corrected chi connectivity index (χ3v) is 1.75. The van der Waals surface area contributed by atoms with Crippen LogP contribution >= 0.6 is 0 Å². The van der Waals surface area contributed by atoms with Gasteiger partial charge in [0, 0.05) is 11.5 Å². The van der Waals surface area contributed by atoms with E-state index >= 15 is 0 Å². The van der Waals surface area contributed by atoms with E-state index in [1.54, 1.807) is 0 Å². The van der Waals surface area contributed by atoms with Crippen LogP contribution in [0.3, 0.4) is 0 Å². The number of hydrogen-bond donors (Lipinski definition) is 0. The van der Waals surface area contributed by atoms with Crippen LogP contribution in [0.4, 0.5) is 0 Å². The SMILES string of the molecule is CCOc1ccc(C=CCN=[N+]=[N-])cc1. The summed E-state index contributed by atoms with van der Waals surface area (Å²) < 4.78 is 5.31. The highest BCUT2D eigenvalue weighted by Crippen LogP contribution is 2.12. The number of hydrogen-bond acceptors (Lipinski definition) is 2. The van der Waals surface area contributed by atoms with Crippen molar-refractivity contribution >= 4 is 6.08 Å². The second-order valence-electron chi connectivity index (χ2n) is 2.82. The molecule has 0 saturated heterocycles. The first-order valence-electron chi connectivity index (χ1n) is 4.77. The van der Waals surface area contributed by atoms with Gasteiger partial charge >= 0.3 is 0 Å². The predicted molar refractivity (Wildman–Crippen MR) is 60.7 cm³/mol. The summed E-state index contributed by atoms with van der Waals surface area (Å²) in [6.45, 7) is 3.00. The Morgan fingerprint density at radius 1 is 1.40 bits per heavy atom. The lowest BCUT2D eigenvalue weighted by Gasteiger charge is -2.01. The molecule has 0 aromatic heterocycles. The molecule has 0 bridgehead atoms. The topological polar surface area (TPSA) is 58.0 Å². The molecule has 1 rings (SSSR count). The van der Waals surface area contributed by atoms with Gasteiger partial charge in [0.2, 0.25) is 0 Å². The fraction of sp³-hybridized carbons (Fsp3) is 0.273. The van der Waals surface area contributed by atoms with Crippen LogP contribution in [0.5, 0.6) is 5.75 Å². The van der Waals surface area contributed by atoms with E-state index in [2.05, 4.69) is 10.0 Å². The van der Waals surface area contributed by atoms with Gasteiger partial charge in [0.25, 0.3) is 0 Å². The minimum atomic E-state index is 0.379. The number of benzene rings is 1. The maximum absolute atomic E-state index is 8.07. The summed E-state index contributed by atoms with van der Waals surface area (Å²) in [6, 6.07) is 7.74. The molecule has 0 unspecified atom stereocenters. The third kappa shape index (κ3) is 4.20. The largest absolute Gasteiger partial charge is 0.494 e. The average Bonchev–Trinajstić information content (AvgIpc) is 2.27. The van der Waals surface area contributed by atoms with Crippen molar-refractivity contribution in [3.63, 3.8) is 0 Å². The van der Waals surface area contributed by atoms with Gasteiger partial charge in [-0.15, -0.1) is 0 Å². The van der Waals surface area contributed by atoms with E-state index in [9.17, 15) is 0 Å². The van der Waals surface area contributed by atoms with Gasteiger partial charge in [-0.25, -0.2) is 0 Å².